The maximum absolute atomic E-state index is 11.7. The van der Waals surface area contributed by atoms with Crippen LogP contribution in [0.1, 0.15) is 48.9 Å². The lowest BCUT2D eigenvalue weighted by Crippen LogP contribution is -2.48. The van der Waals surface area contributed by atoms with Crippen LogP contribution < -0.4 is 0 Å². The smallest absolute Gasteiger partial charge is 0.209 e. The molecule has 0 bridgehead atoms. The normalized spacial score (nSPS) is 18.0. The molecule has 196 valence electrons. The molecule has 37 heavy (non-hydrogen) atoms. The van der Waals surface area contributed by atoms with Gasteiger partial charge in [0.05, 0.1) is 17.4 Å². The van der Waals surface area contributed by atoms with Crippen molar-refractivity contribution in [1.82, 2.24) is 19.6 Å². The van der Waals surface area contributed by atoms with Crippen molar-refractivity contribution >= 4 is 30.2 Å². The van der Waals surface area contributed by atoms with Gasteiger partial charge in [0, 0.05) is 37.9 Å². The van der Waals surface area contributed by atoms with Crippen LogP contribution in [0.4, 0.5) is 0 Å². The van der Waals surface area contributed by atoms with Crippen molar-refractivity contribution in [3.05, 3.63) is 82.1 Å². The number of amides is 1. The van der Waals surface area contributed by atoms with E-state index in [1.807, 2.05) is 52.2 Å². The summed E-state index contributed by atoms with van der Waals surface area (Å²) >= 11 is 6.02. The number of ether oxygens (including phenoxy) is 2. The van der Waals surface area contributed by atoms with Crippen LogP contribution in [0, 0.1) is 0 Å². The van der Waals surface area contributed by atoms with E-state index in [1.165, 1.54) is 0 Å². The summed E-state index contributed by atoms with van der Waals surface area (Å²) in [4.78, 5) is 16.0. The highest BCUT2D eigenvalue weighted by molar-refractivity contribution is 6.30. The van der Waals surface area contributed by atoms with Gasteiger partial charge in [-0.3, -0.25) is 9.69 Å². The number of carbonyl (C=O) groups excluding carboxylic acids is 1. The van der Waals surface area contributed by atoms with Gasteiger partial charge in [-0.15, -0.1) is 0 Å². The highest BCUT2D eigenvalue weighted by Crippen LogP contribution is 2.42. The fourth-order valence-electron chi connectivity index (χ4n) is 5.38. The number of rotatable bonds is 11. The van der Waals surface area contributed by atoms with Crippen molar-refractivity contribution in [2.75, 3.05) is 40.4 Å². The second kappa shape index (κ2) is 12.0. The van der Waals surface area contributed by atoms with E-state index in [1.54, 1.807) is 14.2 Å². The van der Waals surface area contributed by atoms with Gasteiger partial charge in [-0.05, 0) is 54.9 Å². The summed E-state index contributed by atoms with van der Waals surface area (Å²) in [5, 5.41) is 5.56. The second-order valence-corrected chi connectivity index (χ2v) is 9.60. The van der Waals surface area contributed by atoms with Crippen molar-refractivity contribution in [3.8, 4) is 5.69 Å². The van der Waals surface area contributed by atoms with Crippen LogP contribution in [0.3, 0.4) is 0 Å². The molecule has 1 saturated heterocycles. The minimum absolute atomic E-state index is 0.376. The molecule has 8 heteroatoms. The van der Waals surface area contributed by atoms with Crippen molar-refractivity contribution < 1.29 is 14.3 Å². The first kappa shape index (κ1) is 27.1. The number of likely N-dealkylation sites (tertiary alicyclic amines) is 1. The number of hydrogen-bond acceptors (Lipinski definition) is 5. The average molecular weight is 523 g/mol. The Morgan fingerprint density at radius 2 is 1.78 bits per heavy atom. The molecule has 0 spiro atoms. The molecule has 1 aliphatic heterocycles. The van der Waals surface area contributed by atoms with Gasteiger partial charge >= 0.3 is 0 Å². The molecule has 1 aliphatic rings. The Kier molecular flexibility index (Phi) is 8.82. The van der Waals surface area contributed by atoms with E-state index >= 15 is 0 Å². The summed E-state index contributed by atoms with van der Waals surface area (Å²) in [7, 11) is 3.27. The molecule has 0 aliphatic carbocycles. The van der Waals surface area contributed by atoms with E-state index in [0.717, 1.165) is 54.0 Å². The predicted molar refractivity (Wildman–Crippen MR) is 148 cm³/mol. The Labute approximate surface area is 224 Å². The number of aromatic nitrogens is 2. The van der Waals surface area contributed by atoms with Gasteiger partial charge < -0.3 is 14.4 Å². The summed E-state index contributed by atoms with van der Waals surface area (Å²) in [5.41, 5.74) is 4.49. The zero-order valence-corrected chi connectivity index (χ0v) is 22.7. The monoisotopic (exact) mass is 522 g/mol. The zero-order valence-electron chi connectivity index (χ0n) is 21.9. The molecular weight excluding hydrogens is 488 g/mol. The highest BCUT2D eigenvalue weighted by Gasteiger charge is 2.47. The van der Waals surface area contributed by atoms with Crippen molar-refractivity contribution in [1.29, 1.82) is 0 Å². The second-order valence-electron chi connectivity index (χ2n) is 9.17. The summed E-state index contributed by atoms with van der Waals surface area (Å²) in [5.74, 6) is 0. The Morgan fingerprint density at radius 1 is 1.08 bits per heavy atom. The first-order valence-electron chi connectivity index (χ1n) is 12.6. The lowest BCUT2D eigenvalue weighted by molar-refractivity contribution is -0.117. The van der Waals surface area contributed by atoms with Gasteiger partial charge in [0.2, 0.25) is 12.7 Å². The Morgan fingerprint density at radius 3 is 2.41 bits per heavy atom. The van der Waals surface area contributed by atoms with Crippen molar-refractivity contribution in [2.45, 2.75) is 32.1 Å². The standard InChI is InChI=1S/C29H35ClN4O3/c1-5-33(6-2)29(16-17-32(20-29)21-35)26-19-31-34(27(26)28(36-3)37-4)25-9-7-8-23(18-25)11-10-22-12-14-24(30)15-13-22/h7-15,18-19,21,28H,5-6,16-17,20H2,1-4H3. The Balaban J connectivity index is 1.79. The van der Waals surface area contributed by atoms with Crippen molar-refractivity contribution in [3.63, 3.8) is 0 Å². The molecule has 1 atom stereocenters. The lowest BCUT2D eigenvalue weighted by atomic mass is 9.86. The number of likely N-dealkylation sites (N-methyl/N-ethyl adjacent to an activating group) is 1. The molecule has 2 aromatic carbocycles. The number of methoxy groups -OCH3 is 2. The third kappa shape index (κ3) is 5.50. The van der Waals surface area contributed by atoms with Crippen LogP contribution in [0.25, 0.3) is 17.8 Å². The molecule has 0 saturated carbocycles. The lowest BCUT2D eigenvalue weighted by Gasteiger charge is -2.40. The van der Waals surface area contributed by atoms with Gasteiger partial charge in [0.15, 0.2) is 0 Å². The molecule has 1 unspecified atom stereocenters. The zero-order chi connectivity index (χ0) is 26.4. The largest absolute Gasteiger partial charge is 0.350 e. The molecule has 4 rings (SSSR count). The van der Waals surface area contributed by atoms with E-state index in [2.05, 4.69) is 43.0 Å². The number of benzene rings is 2. The van der Waals surface area contributed by atoms with E-state index in [4.69, 9.17) is 26.2 Å². The Bertz CT molecular complexity index is 1220. The molecule has 1 amide bonds. The molecule has 1 fully saturated rings. The first-order valence-corrected chi connectivity index (χ1v) is 13.0. The molecule has 7 nitrogen and oxygen atoms in total. The van der Waals surface area contributed by atoms with E-state index < -0.39 is 6.29 Å². The minimum Gasteiger partial charge on any atom is -0.350 e. The van der Waals surface area contributed by atoms with Crippen LogP contribution in [-0.4, -0.2) is 66.4 Å². The molecular formula is C29H35ClN4O3. The number of nitrogens with zero attached hydrogens (tertiary/aromatic N) is 4. The Hall–Kier alpha value is -2.97. The van der Waals surface area contributed by atoms with Crippen molar-refractivity contribution in [2.24, 2.45) is 0 Å². The summed E-state index contributed by atoms with van der Waals surface area (Å²) in [6.45, 7) is 7.30. The van der Waals surface area contributed by atoms with E-state index in [-0.39, 0.29) is 5.54 Å². The molecule has 2 heterocycles. The van der Waals surface area contributed by atoms with Crippen LogP contribution in [0.2, 0.25) is 5.02 Å². The molecule has 1 aromatic heterocycles. The van der Waals surface area contributed by atoms with Crippen LogP contribution in [0.15, 0.2) is 54.7 Å². The van der Waals surface area contributed by atoms with E-state index in [9.17, 15) is 4.79 Å². The average Bonchev–Trinajstić information content (AvgIpc) is 3.56. The minimum atomic E-state index is -0.622. The fraction of sp³-hybridized carbons (Fsp3) is 0.379. The van der Waals surface area contributed by atoms with Gasteiger partial charge in [-0.25, -0.2) is 4.68 Å². The third-order valence-corrected chi connectivity index (χ3v) is 7.46. The first-order chi connectivity index (χ1) is 18.0. The van der Waals surface area contributed by atoms with Crippen LogP contribution in [0.5, 0.6) is 0 Å². The van der Waals surface area contributed by atoms with Gasteiger partial charge in [0.1, 0.15) is 5.69 Å². The predicted octanol–water partition coefficient (Wildman–Crippen LogP) is 5.39. The summed E-state index contributed by atoms with van der Waals surface area (Å²) < 4.78 is 13.5. The SMILES string of the molecule is CCN(CC)C1(c2cnn(-c3cccc(C=Cc4ccc(Cl)cc4)c3)c2C(OC)OC)CCN(C=O)C1. The number of halogens is 1. The number of hydrogen-bond donors (Lipinski definition) is 0. The summed E-state index contributed by atoms with van der Waals surface area (Å²) in [6, 6.07) is 15.9. The maximum atomic E-state index is 11.7. The topological polar surface area (TPSA) is 59.8 Å². The molecule has 0 radical (unpaired) electrons. The van der Waals surface area contributed by atoms with E-state index in [0.29, 0.717) is 18.1 Å². The van der Waals surface area contributed by atoms with Gasteiger partial charge in [0.25, 0.3) is 0 Å². The summed E-state index contributed by atoms with van der Waals surface area (Å²) in [6.07, 6.45) is 7.18. The van der Waals surface area contributed by atoms with Crippen LogP contribution in [-0.2, 0) is 19.8 Å². The fourth-order valence-corrected chi connectivity index (χ4v) is 5.51. The number of carbonyl (C=O) groups is 1. The quantitative estimate of drug-likeness (QED) is 0.192. The highest BCUT2D eigenvalue weighted by atomic mass is 35.5. The van der Waals surface area contributed by atoms with Gasteiger partial charge in [-0.2, -0.15) is 5.10 Å². The van der Waals surface area contributed by atoms with Gasteiger partial charge in [-0.1, -0.05) is 61.9 Å². The third-order valence-electron chi connectivity index (χ3n) is 7.21. The molecule has 0 N–H and O–H groups in total. The van der Waals surface area contributed by atoms with Crippen LogP contribution >= 0.6 is 11.6 Å². The maximum Gasteiger partial charge on any atom is 0.209 e. The molecule has 3 aromatic rings.